The lowest BCUT2D eigenvalue weighted by Crippen LogP contribution is -2.00. The maximum atomic E-state index is 10.2. The number of ether oxygens (including phenoxy) is 1. The maximum Gasteiger partial charge on any atom is 0.119 e. The SMILES string of the molecule is CCOc1cccc(C(O)CCc2cccs2)c1. The van der Waals surface area contributed by atoms with E-state index < -0.39 is 6.10 Å². The van der Waals surface area contributed by atoms with Crippen molar-refractivity contribution in [3.8, 4) is 5.75 Å². The van der Waals surface area contributed by atoms with Gasteiger partial charge in [0.25, 0.3) is 0 Å². The minimum Gasteiger partial charge on any atom is -0.494 e. The Morgan fingerprint density at radius 1 is 1.28 bits per heavy atom. The smallest absolute Gasteiger partial charge is 0.119 e. The van der Waals surface area contributed by atoms with Gasteiger partial charge in [0.1, 0.15) is 5.75 Å². The summed E-state index contributed by atoms with van der Waals surface area (Å²) in [6, 6.07) is 11.9. The Hall–Kier alpha value is -1.32. The maximum absolute atomic E-state index is 10.2. The molecule has 0 saturated heterocycles. The minimum absolute atomic E-state index is 0.424. The molecule has 0 saturated carbocycles. The molecule has 2 nitrogen and oxygen atoms in total. The van der Waals surface area contributed by atoms with Gasteiger partial charge in [0.15, 0.2) is 0 Å². The summed E-state index contributed by atoms with van der Waals surface area (Å²) in [6.45, 7) is 2.61. The number of aryl methyl sites for hydroxylation is 1. The third-order valence-electron chi connectivity index (χ3n) is 2.80. The average Bonchev–Trinajstić information content (AvgIpc) is 2.90. The molecule has 0 aliphatic heterocycles. The van der Waals surface area contributed by atoms with Crippen molar-refractivity contribution in [2.24, 2.45) is 0 Å². The largest absolute Gasteiger partial charge is 0.494 e. The van der Waals surface area contributed by atoms with Gasteiger partial charge in [0.05, 0.1) is 12.7 Å². The Morgan fingerprint density at radius 2 is 2.17 bits per heavy atom. The van der Waals surface area contributed by atoms with Crippen LogP contribution < -0.4 is 4.74 Å². The van der Waals surface area contributed by atoms with Crippen molar-refractivity contribution >= 4 is 11.3 Å². The van der Waals surface area contributed by atoms with E-state index >= 15 is 0 Å². The molecule has 1 aromatic heterocycles. The summed E-state index contributed by atoms with van der Waals surface area (Å²) in [6.07, 6.45) is 1.24. The summed E-state index contributed by atoms with van der Waals surface area (Å²) in [5.41, 5.74) is 0.928. The number of benzene rings is 1. The minimum atomic E-state index is -0.424. The van der Waals surface area contributed by atoms with Crippen LogP contribution in [-0.2, 0) is 6.42 Å². The third-order valence-corrected chi connectivity index (χ3v) is 3.73. The summed E-state index contributed by atoms with van der Waals surface area (Å²) >= 11 is 1.74. The quantitative estimate of drug-likeness (QED) is 0.857. The van der Waals surface area contributed by atoms with Crippen LogP contribution in [0.1, 0.15) is 29.9 Å². The molecule has 0 fully saturated rings. The van der Waals surface area contributed by atoms with Crippen LogP contribution >= 0.6 is 11.3 Å². The van der Waals surface area contributed by atoms with Gasteiger partial charge in [-0.1, -0.05) is 18.2 Å². The summed E-state index contributed by atoms with van der Waals surface area (Å²) in [7, 11) is 0. The van der Waals surface area contributed by atoms with E-state index in [0.717, 1.165) is 24.2 Å². The van der Waals surface area contributed by atoms with Gasteiger partial charge in [-0.25, -0.2) is 0 Å². The highest BCUT2D eigenvalue weighted by Crippen LogP contribution is 2.24. The van der Waals surface area contributed by atoms with Gasteiger partial charge in [-0.05, 0) is 48.9 Å². The Bertz CT molecular complexity index is 465. The predicted octanol–water partition coefficient (Wildman–Crippen LogP) is 3.81. The van der Waals surface area contributed by atoms with Crippen molar-refractivity contribution in [2.75, 3.05) is 6.61 Å². The molecule has 0 amide bonds. The molecule has 1 N–H and O–H groups in total. The zero-order valence-corrected chi connectivity index (χ0v) is 11.3. The molecule has 0 spiro atoms. The van der Waals surface area contributed by atoms with E-state index in [1.54, 1.807) is 11.3 Å². The normalized spacial score (nSPS) is 12.3. The second kappa shape index (κ2) is 6.57. The first-order valence-corrected chi connectivity index (χ1v) is 7.10. The van der Waals surface area contributed by atoms with Crippen LogP contribution in [0.15, 0.2) is 41.8 Å². The number of hydrogen-bond acceptors (Lipinski definition) is 3. The summed E-state index contributed by atoms with van der Waals surface area (Å²) in [5, 5.41) is 12.2. The highest BCUT2D eigenvalue weighted by atomic mass is 32.1. The molecular weight excluding hydrogens is 244 g/mol. The van der Waals surface area contributed by atoms with Crippen molar-refractivity contribution in [2.45, 2.75) is 25.9 Å². The second-order valence-corrected chi connectivity index (χ2v) is 5.17. The van der Waals surface area contributed by atoms with Crippen molar-refractivity contribution in [3.63, 3.8) is 0 Å². The van der Waals surface area contributed by atoms with Crippen molar-refractivity contribution in [3.05, 3.63) is 52.2 Å². The Balaban J connectivity index is 1.95. The molecule has 0 radical (unpaired) electrons. The van der Waals surface area contributed by atoms with Gasteiger partial charge in [-0.2, -0.15) is 0 Å². The van der Waals surface area contributed by atoms with Gasteiger partial charge in [-0.3, -0.25) is 0 Å². The molecule has 0 aliphatic carbocycles. The molecule has 2 aromatic rings. The van der Waals surface area contributed by atoms with Crippen LogP contribution in [0.4, 0.5) is 0 Å². The zero-order valence-electron chi connectivity index (χ0n) is 10.5. The summed E-state index contributed by atoms with van der Waals surface area (Å²) < 4.78 is 5.44. The van der Waals surface area contributed by atoms with Gasteiger partial charge >= 0.3 is 0 Å². The van der Waals surface area contributed by atoms with Crippen LogP contribution in [0.2, 0.25) is 0 Å². The van der Waals surface area contributed by atoms with E-state index in [1.807, 2.05) is 37.3 Å². The summed E-state index contributed by atoms with van der Waals surface area (Å²) in [4.78, 5) is 1.31. The Labute approximate surface area is 112 Å². The molecule has 0 aliphatic rings. The van der Waals surface area contributed by atoms with Gasteiger partial charge in [0, 0.05) is 4.88 Å². The standard InChI is InChI=1S/C15H18O2S/c1-2-17-13-6-3-5-12(11-13)15(16)9-8-14-7-4-10-18-14/h3-7,10-11,15-16H,2,8-9H2,1H3. The number of thiophene rings is 1. The van der Waals surface area contributed by atoms with E-state index in [0.29, 0.717) is 6.61 Å². The van der Waals surface area contributed by atoms with E-state index in [2.05, 4.69) is 11.4 Å². The zero-order chi connectivity index (χ0) is 12.8. The molecule has 1 heterocycles. The van der Waals surface area contributed by atoms with Crippen LogP contribution in [0.25, 0.3) is 0 Å². The van der Waals surface area contributed by atoms with E-state index in [1.165, 1.54) is 4.88 Å². The Kier molecular flexibility index (Phi) is 4.79. The van der Waals surface area contributed by atoms with Crippen LogP contribution in [-0.4, -0.2) is 11.7 Å². The van der Waals surface area contributed by atoms with Crippen molar-refractivity contribution in [1.82, 2.24) is 0 Å². The second-order valence-electron chi connectivity index (χ2n) is 4.14. The third kappa shape index (κ3) is 3.59. The molecule has 3 heteroatoms. The van der Waals surface area contributed by atoms with E-state index in [-0.39, 0.29) is 0 Å². The first-order chi connectivity index (χ1) is 8.79. The average molecular weight is 262 g/mol. The number of aliphatic hydroxyl groups excluding tert-OH is 1. The molecule has 1 atom stereocenters. The lowest BCUT2D eigenvalue weighted by molar-refractivity contribution is 0.167. The lowest BCUT2D eigenvalue weighted by Gasteiger charge is -2.12. The lowest BCUT2D eigenvalue weighted by atomic mass is 10.0. The molecule has 1 unspecified atom stereocenters. The molecule has 2 rings (SSSR count). The fourth-order valence-corrected chi connectivity index (χ4v) is 2.60. The van der Waals surface area contributed by atoms with Crippen LogP contribution in [0.3, 0.4) is 0 Å². The molecule has 1 aromatic carbocycles. The van der Waals surface area contributed by atoms with E-state index in [4.69, 9.17) is 4.74 Å². The first-order valence-electron chi connectivity index (χ1n) is 6.23. The topological polar surface area (TPSA) is 29.5 Å². The molecular formula is C15H18O2S. The highest BCUT2D eigenvalue weighted by molar-refractivity contribution is 7.09. The fraction of sp³-hybridized carbons (Fsp3) is 0.333. The first kappa shape index (κ1) is 13.1. The van der Waals surface area contributed by atoms with Gasteiger partial charge in [-0.15, -0.1) is 11.3 Å². The van der Waals surface area contributed by atoms with Gasteiger partial charge in [0.2, 0.25) is 0 Å². The van der Waals surface area contributed by atoms with Gasteiger partial charge < -0.3 is 9.84 Å². The Morgan fingerprint density at radius 3 is 2.89 bits per heavy atom. The molecule has 0 bridgehead atoms. The number of rotatable bonds is 6. The molecule has 18 heavy (non-hydrogen) atoms. The fourth-order valence-electron chi connectivity index (χ4n) is 1.88. The number of hydrogen-bond donors (Lipinski definition) is 1. The number of aliphatic hydroxyl groups is 1. The van der Waals surface area contributed by atoms with E-state index in [9.17, 15) is 5.11 Å². The van der Waals surface area contributed by atoms with Crippen LogP contribution in [0, 0.1) is 0 Å². The van der Waals surface area contributed by atoms with Crippen LogP contribution in [0.5, 0.6) is 5.75 Å². The van der Waals surface area contributed by atoms with Crippen molar-refractivity contribution in [1.29, 1.82) is 0 Å². The predicted molar refractivity (Wildman–Crippen MR) is 75.2 cm³/mol. The summed E-state index contributed by atoms with van der Waals surface area (Å²) in [5.74, 6) is 0.824. The monoisotopic (exact) mass is 262 g/mol. The van der Waals surface area contributed by atoms with Crippen molar-refractivity contribution < 1.29 is 9.84 Å². The highest BCUT2D eigenvalue weighted by Gasteiger charge is 2.09. The molecule has 96 valence electrons.